The minimum atomic E-state index is -0.833. The molecular formula is C37H39BrN2O7S. The number of nitrogens with zero attached hydrogens (tertiary/aromatic N) is 2. The molecule has 48 heavy (non-hydrogen) atoms. The van der Waals surface area contributed by atoms with Crippen molar-refractivity contribution in [2.24, 2.45) is 4.99 Å². The van der Waals surface area contributed by atoms with Gasteiger partial charge in [-0.25, -0.2) is 9.79 Å². The number of thiazole rings is 1. The van der Waals surface area contributed by atoms with E-state index >= 15 is 0 Å². The molecule has 3 aromatic carbocycles. The number of halogens is 1. The van der Waals surface area contributed by atoms with Crippen LogP contribution in [0.3, 0.4) is 0 Å². The highest BCUT2D eigenvalue weighted by Gasteiger charge is 2.35. The monoisotopic (exact) mass is 734 g/mol. The van der Waals surface area contributed by atoms with Gasteiger partial charge in [-0.2, -0.15) is 0 Å². The molecule has 0 fully saturated rings. The number of carbonyl (C=O) groups excluding carboxylic acids is 1. The first kappa shape index (κ1) is 35.0. The summed E-state index contributed by atoms with van der Waals surface area (Å²) in [5.41, 5.74) is 6.50. The zero-order valence-corrected chi connectivity index (χ0v) is 30.8. The zero-order valence-electron chi connectivity index (χ0n) is 28.4. The van der Waals surface area contributed by atoms with Crippen molar-refractivity contribution in [1.82, 2.24) is 4.57 Å². The zero-order chi connectivity index (χ0) is 34.7. The standard InChI is InChI=1S/C37H39BrN2O7S/c1-9-45-31-18-27(38)25(17-30(31)44-8)34-33(36(42)46-10-2)23(6)39-37-40(34)35(41)32(48-37)16-24-11-12-28(29(15-24)43-7)47-19-26-21(4)13-20(3)14-22(26)5/h11-18,34H,9-10,19H2,1-8H3/b32-16+/t34-/m0/s1. The topological polar surface area (TPSA) is 97.6 Å². The fourth-order valence-electron chi connectivity index (χ4n) is 5.91. The molecule has 252 valence electrons. The predicted molar refractivity (Wildman–Crippen MR) is 190 cm³/mol. The van der Waals surface area contributed by atoms with Crippen molar-refractivity contribution in [3.05, 3.63) is 111 Å². The molecule has 1 atom stereocenters. The Morgan fingerprint density at radius 1 is 0.917 bits per heavy atom. The molecule has 0 radical (unpaired) electrons. The Kier molecular flexibility index (Phi) is 10.8. The van der Waals surface area contributed by atoms with Gasteiger partial charge in [0.2, 0.25) is 0 Å². The van der Waals surface area contributed by atoms with Gasteiger partial charge in [-0.3, -0.25) is 9.36 Å². The van der Waals surface area contributed by atoms with Crippen LogP contribution in [0.5, 0.6) is 23.0 Å². The molecule has 4 aromatic rings. The number of methoxy groups -OCH3 is 2. The van der Waals surface area contributed by atoms with Crippen LogP contribution in [0.2, 0.25) is 0 Å². The summed E-state index contributed by atoms with van der Waals surface area (Å²) in [6, 6.07) is 12.6. The third kappa shape index (κ3) is 6.93. The van der Waals surface area contributed by atoms with Crippen LogP contribution in [0.15, 0.2) is 68.0 Å². The summed E-state index contributed by atoms with van der Waals surface area (Å²) in [5.74, 6) is 1.60. The largest absolute Gasteiger partial charge is 0.493 e. The molecule has 1 aromatic heterocycles. The first-order chi connectivity index (χ1) is 23.0. The van der Waals surface area contributed by atoms with Crippen molar-refractivity contribution in [1.29, 1.82) is 0 Å². The number of fused-ring (bicyclic) bond motifs is 1. The van der Waals surface area contributed by atoms with Crippen molar-refractivity contribution in [2.75, 3.05) is 27.4 Å². The molecule has 0 unspecified atom stereocenters. The Morgan fingerprint density at radius 3 is 2.25 bits per heavy atom. The van der Waals surface area contributed by atoms with Crippen LogP contribution in [0, 0.1) is 20.8 Å². The lowest BCUT2D eigenvalue weighted by atomic mass is 9.95. The molecule has 5 rings (SSSR count). The summed E-state index contributed by atoms with van der Waals surface area (Å²) < 4.78 is 31.3. The van der Waals surface area contributed by atoms with Crippen LogP contribution in [0.4, 0.5) is 0 Å². The normalized spacial score (nSPS) is 14.4. The fraction of sp³-hybridized carbons (Fsp3) is 0.324. The maximum absolute atomic E-state index is 14.2. The second kappa shape index (κ2) is 14.8. The van der Waals surface area contributed by atoms with Crippen molar-refractivity contribution >= 4 is 39.3 Å². The summed E-state index contributed by atoms with van der Waals surface area (Å²) in [4.78, 5) is 32.8. The van der Waals surface area contributed by atoms with Gasteiger partial charge in [0.25, 0.3) is 5.56 Å². The van der Waals surface area contributed by atoms with Crippen molar-refractivity contribution in [3.8, 4) is 23.0 Å². The predicted octanol–water partition coefficient (Wildman–Crippen LogP) is 6.48. The third-order valence-corrected chi connectivity index (χ3v) is 9.76. The summed E-state index contributed by atoms with van der Waals surface area (Å²) in [5, 5.41) is 0. The number of carbonyl (C=O) groups is 1. The van der Waals surface area contributed by atoms with E-state index in [4.69, 9.17) is 28.7 Å². The van der Waals surface area contributed by atoms with Gasteiger partial charge in [-0.05, 0) is 99.7 Å². The van der Waals surface area contributed by atoms with E-state index in [0.29, 0.717) is 61.3 Å². The van der Waals surface area contributed by atoms with Gasteiger partial charge in [-0.1, -0.05) is 51.0 Å². The molecule has 9 nitrogen and oxygen atoms in total. The molecule has 0 aliphatic carbocycles. The number of ether oxygens (including phenoxy) is 5. The average molecular weight is 736 g/mol. The highest BCUT2D eigenvalue weighted by Crippen LogP contribution is 2.41. The summed E-state index contributed by atoms with van der Waals surface area (Å²) in [7, 11) is 3.13. The highest BCUT2D eigenvalue weighted by atomic mass is 79.9. The van der Waals surface area contributed by atoms with Gasteiger partial charge in [0.05, 0.1) is 49.3 Å². The first-order valence-electron chi connectivity index (χ1n) is 15.6. The van der Waals surface area contributed by atoms with Crippen molar-refractivity contribution < 1.29 is 28.5 Å². The van der Waals surface area contributed by atoms with Crippen LogP contribution in [0.25, 0.3) is 6.08 Å². The molecule has 11 heteroatoms. The molecule has 0 N–H and O–H groups in total. The van der Waals surface area contributed by atoms with Crippen LogP contribution in [0.1, 0.15) is 60.2 Å². The second-order valence-electron chi connectivity index (χ2n) is 11.3. The van der Waals surface area contributed by atoms with E-state index in [-0.39, 0.29) is 17.7 Å². The Bertz CT molecular complexity index is 2070. The number of hydrogen-bond donors (Lipinski definition) is 0. The van der Waals surface area contributed by atoms with Crippen LogP contribution in [-0.4, -0.2) is 38.0 Å². The van der Waals surface area contributed by atoms with Crippen LogP contribution < -0.4 is 33.8 Å². The number of aryl methyl sites for hydroxylation is 3. The number of allylic oxidation sites excluding steroid dienone is 1. The second-order valence-corrected chi connectivity index (χ2v) is 13.2. The lowest BCUT2D eigenvalue weighted by Gasteiger charge is -2.26. The number of benzene rings is 3. The molecule has 2 heterocycles. The van der Waals surface area contributed by atoms with E-state index in [2.05, 4.69) is 48.8 Å². The Morgan fingerprint density at radius 2 is 1.60 bits per heavy atom. The van der Waals surface area contributed by atoms with Gasteiger partial charge in [0, 0.05) is 4.47 Å². The van der Waals surface area contributed by atoms with Gasteiger partial charge < -0.3 is 23.7 Å². The molecule has 0 saturated carbocycles. The number of aromatic nitrogens is 1. The molecule has 0 spiro atoms. The Balaban J connectivity index is 1.59. The number of hydrogen-bond acceptors (Lipinski definition) is 9. The third-order valence-electron chi connectivity index (χ3n) is 8.09. The van der Waals surface area contributed by atoms with Gasteiger partial charge in [0.1, 0.15) is 6.61 Å². The number of rotatable bonds is 11. The SMILES string of the molecule is CCOC(=O)C1=C(C)N=c2s/c(=C/c3ccc(OCc4c(C)cc(C)cc4C)c(OC)c3)c(=O)n2[C@H]1c1cc(OC)c(OCC)cc1Br. The van der Waals surface area contributed by atoms with E-state index in [1.165, 1.54) is 32.6 Å². The molecule has 0 saturated heterocycles. The maximum Gasteiger partial charge on any atom is 0.338 e. The average Bonchev–Trinajstić information content (AvgIpc) is 3.34. The minimum absolute atomic E-state index is 0.173. The summed E-state index contributed by atoms with van der Waals surface area (Å²) >= 11 is 4.90. The van der Waals surface area contributed by atoms with Gasteiger partial charge in [0.15, 0.2) is 27.8 Å². The lowest BCUT2D eigenvalue weighted by molar-refractivity contribution is -0.139. The van der Waals surface area contributed by atoms with Gasteiger partial charge in [-0.15, -0.1) is 0 Å². The Hall–Kier alpha value is -4.35. The quantitative estimate of drug-likeness (QED) is 0.163. The molecule has 1 aliphatic rings. The Labute approximate surface area is 292 Å². The highest BCUT2D eigenvalue weighted by molar-refractivity contribution is 9.10. The summed E-state index contributed by atoms with van der Waals surface area (Å²) in [6.45, 7) is 12.6. The van der Waals surface area contributed by atoms with Gasteiger partial charge >= 0.3 is 5.97 Å². The van der Waals surface area contributed by atoms with Crippen LogP contribution in [-0.2, 0) is 16.1 Å². The van der Waals surface area contributed by atoms with E-state index in [0.717, 1.165) is 11.1 Å². The van der Waals surface area contributed by atoms with Crippen molar-refractivity contribution in [2.45, 2.75) is 54.2 Å². The van der Waals surface area contributed by atoms with E-state index in [9.17, 15) is 9.59 Å². The lowest BCUT2D eigenvalue weighted by Crippen LogP contribution is -2.40. The van der Waals surface area contributed by atoms with E-state index < -0.39 is 12.0 Å². The molecule has 0 bridgehead atoms. The smallest absolute Gasteiger partial charge is 0.338 e. The molecule has 1 aliphatic heterocycles. The number of esters is 1. The van der Waals surface area contributed by atoms with E-state index in [1.54, 1.807) is 46.3 Å². The molecular weight excluding hydrogens is 696 g/mol. The first-order valence-corrected chi connectivity index (χ1v) is 17.2. The van der Waals surface area contributed by atoms with Crippen molar-refractivity contribution in [3.63, 3.8) is 0 Å². The maximum atomic E-state index is 14.2. The minimum Gasteiger partial charge on any atom is -0.493 e. The summed E-state index contributed by atoms with van der Waals surface area (Å²) in [6.07, 6.45) is 1.79. The van der Waals surface area contributed by atoms with E-state index in [1.807, 2.05) is 25.1 Å². The van der Waals surface area contributed by atoms with Crippen LogP contribution >= 0.6 is 27.3 Å². The fourth-order valence-corrected chi connectivity index (χ4v) is 7.49. The molecule has 0 amide bonds.